The van der Waals surface area contributed by atoms with Gasteiger partial charge in [-0.15, -0.1) is 0 Å². The van der Waals surface area contributed by atoms with Gasteiger partial charge in [-0.05, 0) is 18.3 Å². The highest BCUT2D eigenvalue weighted by atomic mass is 16.4. The van der Waals surface area contributed by atoms with Crippen molar-refractivity contribution >= 4 is 5.84 Å². The third-order valence-electron chi connectivity index (χ3n) is 4.47. The maximum absolute atomic E-state index is 9.56. The number of likely N-dealkylation sites (tertiary alicyclic amines) is 1. The molecular formula is C12H23N3O2. The van der Waals surface area contributed by atoms with E-state index in [1.54, 1.807) is 0 Å². The van der Waals surface area contributed by atoms with E-state index in [0.717, 1.165) is 13.1 Å². The van der Waals surface area contributed by atoms with Gasteiger partial charge in [-0.1, -0.05) is 24.4 Å². The fourth-order valence-electron chi connectivity index (χ4n) is 3.60. The summed E-state index contributed by atoms with van der Waals surface area (Å²) in [6.45, 7) is 2.61. The highest BCUT2D eigenvalue weighted by Crippen LogP contribution is 2.47. The molecule has 0 unspecified atom stereocenters. The van der Waals surface area contributed by atoms with Crippen LogP contribution in [-0.4, -0.2) is 47.3 Å². The number of hydrogen-bond acceptors (Lipinski definition) is 4. The minimum absolute atomic E-state index is 0.257. The second kappa shape index (κ2) is 5.23. The normalized spacial score (nSPS) is 29.9. The smallest absolute Gasteiger partial charge is 0.153 e. The van der Waals surface area contributed by atoms with Gasteiger partial charge in [-0.3, -0.25) is 4.90 Å². The standard InChI is InChI=1S/C12H23N3O2/c13-11(14-17)7-15-6-10(8-16)12(9-15)4-2-1-3-5-12/h10,16-17H,1-9H2,(H2,13,14)/t10-/m1/s1. The molecule has 1 heterocycles. The van der Waals surface area contributed by atoms with E-state index in [4.69, 9.17) is 10.9 Å². The lowest BCUT2D eigenvalue weighted by molar-refractivity contribution is 0.0919. The van der Waals surface area contributed by atoms with Gasteiger partial charge in [-0.25, -0.2) is 0 Å². The van der Waals surface area contributed by atoms with Crippen molar-refractivity contribution in [1.29, 1.82) is 0 Å². The molecule has 0 aromatic heterocycles. The van der Waals surface area contributed by atoms with E-state index in [-0.39, 0.29) is 17.9 Å². The van der Waals surface area contributed by atoms with Gasteiger partial charge in [0, 0.05) is 25.6 Å². The number of nitrogens with zero attached hydrogens (tertiary/aromatic N) is 2. The minimum Gasteiger partial charge on any atom is -0.409 e. The summed E-state index contributed by atoms with van der Waals surface area (Å²) >= 11 is 0. The van der Waals surface area contributed by atoms with Gasteiger partial charge < -0.3 is 16.0 Å². The zero-order chi connectivity index (χ0) is 12.3. The molecule has 0 bridgehead atoms. The zero-order valence-corrected chi connectivity index (χ0v) is 10.3. The molecule has 2 rings (SSSR count). The second-order valence-electron chi connectivity index (χ2n) is 5.56. The molecule has 1 spiro atoms. The fourth-order valence-corrected chi connectivity index (χ4v) is 3.60. The van der Waals surface area contributed by atoms with Crippen LogP contribution in [0.25, 0.3) is 0 Å². The molecule has 1 saturated carbocycles. The summed E-state index contributed by atoms with van der Waals surface area (Å²) in [5.41, 5.74) is 5.83. The van der Waals surface area contributed by atoms with E-state index < -0.39 is 0 Å². The Morgan fingerprint density at radius 2 is 2.06 bits per heavy atom. The molecule has 2 fully saturated rings. The Balaban J connectivity index is 2.02. The summed E-state index contributed by atoms with van der Waals surface area (Å²) in [5.74, 6) is 0.615. The summed E-state index contributed by atoms with van der Waals surface area (Å²) < 4.78 is 0. The predicted octanol–water partition coefficient (Wildman–Crippen LogP) is 0.607. The lowest BCUT2D eigenvalue weighted by atomic mass is 9.68. The molecule has 5 heteroatoms. The third kappa shape index (κ3) is 2.55. The van der Waals surface area contributed by atoms with E-state index in [2.05, 4.69) is 10.1 Å². The SMILES string of the molecule is NC(CN1C[C@H](CO)C2(CCCCC2)C1)=NO. The molecule has 5 nitrogen and oxygen atoms in total. The molecule has 1 saturated heterocycles. The van der Waals surface area contributed by atoms with Crippen LogP contribution in [0.4, 0.5) is 0 Å². The molecule has 98 valence electrons. The van der Waals surface area contributed by atoms with E-state index >= 15 is 0 Å². The van der Waals surface area contributed by atoms with Crippen molar-refractivity contribution < 1.29 is 10.3 Å². The zero-order valence-electron chi connectivity index (χ0n) is 10.3. The molecule has 0 amide bonds. The van der Waals surface area contributed by atoms with Crippen molar-refractivity contribution in [3.63, 3.8) is 0 Å². The minimum atomic E-state index is 0.257. The summed E-state index contributed by atoms with van der Waals surface area (Å²) in [6.07, 6.45) is 6.29. The first kappa shape index (κ1) is 12.6. The van der Waals surface area contributed by atoms with Crippen molar-refractivity contribution in [2.75, 3.05) is 26.2 Å². The first-order chi connectivity index (χ1) is 8.20. The summed E-state index contributed by atoms with van der Waals surface area (Å²) in [6, 6.07) is 0. The van der Waals surface area contributed by atoms with Crippen LogP contribution in [0.5, 0.6) is 0 Å². The molecule has 1 atom stereocenters. The van der Waals surface area contributed by atoms with Crippen molar-refractivity contribution in [1.82, 2.24) is 4.90 Å². The molecular weight excluding hydrogens is 218 g/mol. The Labute approximate surface area is 102 Å². The molecule has 2 aliphatic rings. The Kier molecular flexibility index (Phi) is 3.89. The van der Waals surface area contributed by atoms with Crippen molar-refractivity contribution in [3.8, 4) is 0 Å². The topological polar surface area (TPSA) is 82.1 Å². The number of aliphatic hydroxyl groups is 1. The van der Waals surface area contributed by atoms with Crippen LogP contribution in [0, 0.1) is 11.3 Å². The van der Waals surface area contributed by atoms with Crippen LogP contribution in [0.2, 0.25) is 0 Å². The van der Waals surface area contributed by atoms with Gasteiger partial charge >= 0.3 is 0 Å². The summed E-state index contributed by atoms with van der Waals surface area (Å²) in [5, 5.41) is 21.2. The molecule has 0 aromatic carbocycles. The third-order valence-corrected chi connectivity index (χ3v) is 4.47. The fraction of sp³-hybridized carbons (Fsp3) is 0.917. The van der Waals surface area contributed by atoms with E-state index in [0.29, 0.717) is 12.5 Å². The number of nitrogens with two attached hydrogens (primary N) is 1. The van der Waals surface area contributed by atoms with Crippen molar-refractivity contribution in [2.24, 2.45) is 22.2 Å². The van der Waals surface area contributed by atoms with Gasteiger partial charge in [0.1, 0.15) is 0 Å². The molecule has 1 aliphatic carbocycles. The van der Waals surface area contributed by atoms with Crippen LogP contribution in [0.3, 0.4) is 0 Å². The van der Waals surface area contributed by atoms with E-state index in [9.17, 15) is 5.11 Å². The molecule has 0 aromatic rings. The van der Waals surface area contributed by atoms with Crippen LogP contribution in [0.15, 0.2) is 5.16 Å². The van der Waals surface area contributed by atoms with Crippen molar-refractivity contribution in [2.45, 2.75) is 32.1 Å². The van der Waals surface area contributed by atoms with Crippen LogP contribution in [0.1, 0.15) is 32.1 Å². The lowest BCUT2D eigenvalue weighted by Gasteiger charge is -2.37. The van der Waals surface area contributed by atoms with Gasteiger partial charge in [0.25, 0.3) is 0 Å². The highest BCUT2D eigenvalue weighted by Gasteiger charge is 2.46. The number of rotatable bonds is 3. The maximum atomic E-state index is 9.56. The van der Waals surface area contributed by atoms with Gasteiger partial charge in [-0.2, -0.15) is 0 Å². The Bertz CT molecular complexity index is 287. The number of aliphatic hydroxyl groups excluding tert-OH is 1. The van der Waals surface area contributed by atoms with E-state index in [1.165, 1.54) is 32.1 Å². The second-order valence-corrected chi connectivity index (χ2v) is 5.56. The first-order valence-corrected chi connectivity index (χ1v) is 6.50. The van der Waals surface area contributed by atoms with Gasteiger partial charge in [0.2, 0.25) is 0 Å². The number of amidine groups is 1. The van der Waals surface area contributed by atoms with Crippen LogP contribution in [-0.2, 0) is 0 Å². The largest absolute Gasteiger partial charge is 0.409 e. The lowest BCUT2D eigenvalue weighted by Crippen LogP contribution is -2.36. The summed E-state index contributed by atoms with van der Waals surface area (Å²) in [7, 11) is 0. The molecule has 4 N–H and O–H groups in total. The molecule has 0 radical (unpaired) electrons. The van der Waals surface area contributed by atoms with E-state index in [1.807, 2.05) is 0 Å². The Hall–Kier alpha value is -0.810. The monoisotopic (exact) mass is 241 g/mol. The summed E-state index contributed by atoms with van der Waals surface area (Å²) in [4.78, 5) is 2.21. The number of oxime groups is 1. The Morgan fingerprint density at radius 1 is 1.35 bits per heavy atom. The maximum Gasteiger partial charge on any atom is 0.153 e. The van der Waals surface area contributed by atoms with Gasteiger partial charge in [0.05, 0.1) is 6.54 Å². The van der Waals surface area contributed by atoms with Crippen molar-refractivity contribution in [3.05, 3.63) is 0 Å². The average molecular weight is 241 g/mol. The highest BCUT2D eigenvalue weighted by molar-refractivity contribution is 5.81. The quantitative estimate of drug-likeness (QED) is 0.292. The molecule has 17 heavy (non-hydrogen) atoms. The first-order valence-electron chi connectivity index (χ1n) is 6.50. The predicted molar refractivity (Wildman–Crippen MR) is 65.9 cm³/mol. The average Bonchev–Trinajstić information content (AvgIpc) is 2.67. The van der Waals surface area contributed by atoms with Crippen LogP contribution < -0.4 is 5.73 Å². The van der Waals surface area contributed by atoms with Crippen LogP contribution >= 0.6 is 0 Å². The number of hydrogen-bond donors (Lipinski definition) is 3. The molecule has 1 aliphatic heterocycles. The Morgan fingerprint density at radius 3 is 2.65 bits per heavy atom. The van der Waals surface area contributed by atoms with Gasteiger partial charge in [0.15, 0.2) is 5.84 Å².